The first-order valence-electron chi connectivity index (χ1n) is 7.35. The van der Waals surface area contributed by atoms with Crippen LogP contribution < -0.4 is 10.1 Å². The van der Waals surface area contributed by atoms with E-state index >= 15 is 0 Å². The van der Waals surface area contributed by atoms with Gasteiger partial charge in [0.2, 0.25) is 0 Å². The third kappa shape index (κ3) is 2.69. The van der Waals surface area contributed by atoms with E-state index in [0.717, 1.165) is 17.9 Å². The molecular formula is C16H20N4O2. The van der Waals surface area contributed by atoms with Crippen LogP contribution in [0.2, 0.25) is 0 Å². The Bertz CT molecular complexity index is 668. The van der Waals surface area contributed by atoms with Crippen LogP contribution in [0.25, 0.3) is 0 Å². The molecule has 1 saturated heterocycles. The van der Waals surface area contributed by atoms with Gasteiger partial charge in [-0.2, -0.15) is 5.10 Å². The molecule has 1 atom stereocenters. The van der Waals surface area contributed by atoms with Crippen LogP contribution in [0.15, 0.2) is 36.5 Å². The Morgan fingerprint density at radius 2 is 2.18 bits per heavy atom. The van der Waals surface area contributed by atoms with Gasteiger partial charge in [0, 0.05) is 38.4 Å². The highest BCUT2D eigenvalue weighted by atomic mass is 16.5. The van der Waals surface area contributed by atoms with Crippen LogP contribution >= 0.6 is 0 Å². The molecule has 0 unspecified atom stereocenters. The van der Waals surface area contributed by atoms with Gasteiger partial charge < -0.3 is 15.0 Å². The Morgan fingerprint density at radius 3 is 2.91 bits per heavy atom. The molecule has 0 radical (unpaired) electrons. The molecule has 3 rings (SSSR count). The fraction of sp³-hybridized carbons (Fsp3) is 0.375. The van der Waals surface area contributed by atoms with E-state index in [4.69, 9.17) is 4.74 Å². The van der Waals surface area contributed by atoms with E-state index in [9.17, 15) is 4.79 Å². The number of rotatable bonds is 3. The van der Waals surface area contributed by atoms with Crippen molar-refractivity contribution in [3.8, 4) is 5.75 Å². The van der Waals surface area contributed by atoms with Crippen molar-refractivity contribution in [2.24, 2.45) is 7.05 Å². The first-order chi connectivity index (χ1) is 10.7. The molecular weight excluding hydrogens is 280 g/mol. The molecule has 2 aromatic rings. The molecule has 0 bridgehead atoms. The van der Waals surface area contributed by atoms with Gasteiger partial charge in [-0.05, 0) is 12.1 Å². The number of aryl methyl sites for hydroxylation is 1. The lowest BCUT2D eigenvalue weighted by atomic mass is 10.0. The number of amides is 1. The monoisotopic (exact) mass is 300 g/mol. The summed E-state index contributed by atoms with van der Waals surface area (Å²) in [5.74, 6) is 0.757. The van der Waals surface area contributed by atoms with Gasteiger partial charge in [0.1, 0.15) is 11.4 Å². The number of hydrogen-bond acceptors (Lipinski definition) is 4. The summed E-state index contributed by atoms with van der Waals surface area (Å²) in [4.78, 5) is 14.6. The number of carbonyl (C=O) groups is 1. The van der Waals surface area contributed by atoms with Crippen LogP contribution in [0.1, 0.15) is 22.1 Å². The fourth-order valence-corrected chi connectivity index (χ4v) is 2.84. The molecule has 1 amide bonds. The molecule has 2 heterocycles. The third-order valence-electron chi connectivity index (χ3n) is 3.93. The van der Waals surface area contributed by atoms with E-state index in [1.807, 2.05) is 36.2 Å². The van der Waals surface area contributed by atoms with Gasteiger partial charge in [0.05, 0.1) is 13.2 Å². The fourth-order valence-electron chi connectivity index (χ4n) is 2.84. The van der Waals surface area contributed by atoms with Crippen LogP contribution in [-0.2, 0) is 7.05 Å². The SMILES string of the molecule is COc1ccccc1[C@H]1CNCCN1C(=O)c1ccn(C)n1. The van der Waals surface area contributed by atoms with Gasteiger partial charge in [0.15, 0.2) is 0 Å². The minimum Gasteiger partial charge on any atom is -0.496 e. The number of carbonyl (C=O) groups excluding carboxylic acids is 1. The Hall–Kier alpha value is -2.34. The van der Waals surface area contributed by atoms with Crippen molar-refractivity contribution >= 4 is 5.91 Å². The largest absolute Gasteiger partial charge is 0.496 e. The number of hydrogen-bond donors (Lipinski definition) is 1. The zero-order chi connectivity index (χ0) is 15.5. The number of piperazine rings is 1. The summed E-state index contributed by atoms with van der Waals surface area (Å²) in [6.07, 6.45) is 1.79. The first kappa shape index (κ1) is 14.6. The van der Waals surface area contributed by atoms with Gasteiger partial charge >= 0.3 is 0 Å². The number of benzene rings is 1. The summed E-state index contributed by atoms with van der Waals surface area (Å²) >= 11 is 0. The zero-order valence-electron chi connectivity index (χ0n) is 12.8. The molecule has 22 heavy (non-hydrogen) atoms. The second-order valence-electron chi connectivity index (χ2n) is 5.34. The van der Waals surface area contributed by atoms with E-state index in [0.29, 0.717) is 18.8 Å². The maximum atomic E-state index is 12.8. The Labute approximate surface area is 129 Å². The van der Waals surface area contributed by atoms with Gasteiger partial charge in [0.25, 0.3) is 5.91 Å². The molecule has 0 spiro atoms. The maximum absolute atomic E-state index is 12.8. The quantitative estimate of drug-likeness (QED) is 0.926. The van der Waals surface area contributed by atoms with Crippen molar-refractivity contribution in [2.45, 2.75) is 6.04 Å². The average molecular weight is 300 g/mol. The van der Waals surface area contributed by atoms with Crippen LogP contribution in [0.3, 0.4) is 0 Å². The summed E-state index contributed by atoms with van der Waals surface area (Å²) in [7, 11) is 3.46. The Balaban J connectivity index is 1.93. The molecule has 1 aromatic carbocycles. The smallest absolute Gasteiger partial charge is 0.274 e. The summed E-state index contributed by atoms with van der Waals surface area (Å²) in [6, 6.07) is 9.53. The number of para-hydroxylation sites is 1. The second-order valence-corrected chi connectivity index (χ2v) is 5.34. The standard InChI is InChI=1S/C16H20N4O2/c1-19-9-7-13(18-19)16(21)20-10-8-17-11-14(20)12-5-3-4-6-15(12)22-2/h3-7,9,14,17H,8,10-11H2,1-2H3/t14-/m1/s1. The molecule has 0 aliphatic carbocycles. The second kappa shape index (κ2) is 6.19. The highest BCUT2D eigenvalue weighted by molar-refractivity contribution is 5.92. The molecule has 1 aromatic heterocycles. The number of nitrogens with zero attached hydrogens (tertiary/aromatic N) is 3. The third-order valence-corrected chi connectivity index (χ3v) is 3.93. The number of nitrogens with one attached hydrogen (secondary N) is 1. The van der Waals surface area contributed by atoms with E-state index in [1.165, 1.54) is 0 Å². The first-order valence-corrected chi connectivity index (χ1v) is 7.35. The van der Waals surface area contributed by atoms with E-state index < -0.39 is 0 Å². The number of methoxy groups -OCH3 is 1. The average Bonchev–Trinajstić information content (AvgIpc) is 3.00. The lowest BCUT2D eigenvalue weighted by Crippen LogP contribution is -2.48. The van der Waals surface area contributed by atoms with E-state index in [2.05, 4.69) is 10.4 Å². The summed E-state index contributed by atoms with van der Waals surface area (Å²) in [6.45, 7) is 2.14. The topological polar surface area (TPSA) is 59.4 Å². The summed E-state index contributed by atoms with van der Waals surface area (Å²) < 4.78 is 7.10. The lowest BCUT2D eigenvalue weighted by molar-refractivity contribution is 0.0624. The van der Waals surface area contributed by atoms with Crippen molar-refractivity contribution in [2.75, 3.05) is 26.7 Å². The van der Waals surface area contributed by atoms with Gasteiger partial charge in [-0.15, -0.1) is 0 Å². The molecule has 1 fully saturated rings. The van der Waals surface area contributed by atoms with Crippen LogP contribution in [0.5, 0.6) is 5.75 Å². The maximum Gasteiger partial charge on any atom is 0.274 e. The van der Waals surface area contributed by atoms with Crippen molar-refractivity contribution in [1.29, 1.82) is 0 Å². The number of aromatic nitrogens is 2. The van der Waals surface area contributed by atoms with Crippen molar-refractivity contribution in [3.63, 3.8) is 0 Å². The molecule has 1 aliphatic heterocycles. The molecule has 6 nitrogen and oxygen atoms in total. The van der Waals surface area contributed by atoms with Gasteiger partial charge in [-0.3, -0.25) is 9.48 Å². The van der Waals surface area contributed by atoms with Crippen molar-refractivity contribution in [1.82, 2.24) is 20.0 Å². The minimum atomic E-state index is -0.0561. The summed E-state index contributed by atoms with van der Waals surface area (Å²) in [5.41, 5.74) is 1.49. The molecule has 116 valence electrons. The highest BCUT2D eigenvalue weighted by Gasteiger charge is 2.31. The predicted octanol–water partition coefficient (Wildman–Crippen LogP) is 1.22. The highest BCUT2D eigenvalue weighted by Crippen LogP contribution is 2.30. The molecule has 0 saturated carbocycles. The molecule has 1 aliphatic rings. The summed E-state index contributed by atoms with van der Waals surface area (Å²) in [5, 5.41) is 7.58. The Morgan fingerprint density at radius 1 is 1.36 bits per heavy atom. The van der Waals surface area contributed by atoms with Crippen LogP contribution in [0.4, 0.5) is 0 Å². The Kier molecular flexibility index (Phi) is 4.11. The predicted molar refractivity (Wildman–Crippen MR) is 82.8 cm³/mol. The van der Waals surface area contributed by atoms with Crippen LogP contribution in [0, 0.1) is 0 Å². The van der Waals surface area contributed by atoms with E-state index in [-0.39, 0.29) is 11.9 Å². The van der Waals surface area contributed by atoms with E-state index in [1.54, 1.807) is 24.1 Å². The normalized spacial score (nSPS) is 18.3. The van der Waals surface area contributed by atoms with Crippen molar-refractivity contribution in [3.05, 3.63) is 47.8 Å². The zero-order valence-corrected chi connectivity index (χ0v) is 12.8. The number of ether oxygens (including phenoxy) is 1. The lowest BCUT2D eigenvalue weighted by Gasteiger charge is -2.36. The minimum absolute atomic E-state index is 0.0435. The van der Waals surface area contributed by atoms with Crippen LogP contribution in [-0.4, -0.2) is 47.3 Å². The molecule has 1 N–H and O–H groups in total. The van der Waals surface area contributed by atoms with Gasteiger partial charge in [-0.1, -0.05) is 18.2 Å². The van der Waals surface area contributed by atoms with Crippen molar-refractivity contribution < 1.29 is 9.53 Å². The van der Waals surface area contributed by atoms with Gasteiger partial charge in [-0.25, -0.2) is 0 Å². The molecule has 6 heteroatoms.